The van der Waals surface area contributed by atoms with Crippen molar-refractivity contribution in [2.75, 3.05) is 26.3 Å². The van der Waals surface area contributed by atoms with E-state index < -0.39 is 5.97 Å². The molecule has 1 aromatic carbocycles. The number of benzene rings is 1. The van der Waals surface area contributed by atoms with Gasteiger partial charge < -0.3 is 24.8 Å². The predicted molar refractivity (Wildman–Crippen MR) is 139 cm³/mol. The van der Waals surface area contributed by atoms with Gasteiger partial charge in [-0.1, -0.05) is 51.8 Å². The Morgan fingerprint density at radius 1 is 1.20 bits per heavy atom. The summed E-state index contributed by atoms with van der Waals surface area (Å²) >= 11 is 0. The lowest BCUT2D eigenvalue weighted by Crippen LogP contribution is -2.47. The van der Waals surface area contributed by atoms with Crippen molar-refractivity contribution in [3.8, 4) is 0 Å². The molecule has 0 radical (unpaired) electrons. The zero-order valence-electron chi connectivity index (χ0n) is 22.2. The van der Waals surface area contributed by atoms with Crippen molar-refractivity contribution in [3.63, 3.8) is 0 Å². The molecule has 2 N–H and O–H groups in total. The molecule has 0 bridgehead atoms. The Balaban J connectivity index is 1.80. The number of urea groups is 1. The highest BCUT2D eigenvalue weighted by molar-refractivity contribution is 5.91. The number of aromatic carboxylic acids is 1. The van der Waals surface area contributed by atoms with Gasteiger partial charge in [0, 0.05) is 25.7 Å². The number of amides is 2. The maximum absolute atomic E-state index is 12.7. The topological polar surface area (TPSA) is 88.1 Å². The van der Waals surface area contributed by atoms with Gasteiger partial charge in [0.15, 0.2) is 0 Å². The molecule has 198 valence electrons. The fraction of sp³-hybridized carbons (Fsp3) is 0.714. The minimum absolute atomic E-state index is 0.0162. The van der Waals surface area contributed by atoms with Gasteiger partial charge in [0.2, 0.25) is 0 Å². The first-order valence-corrected chi connectivity index (χ1v) is 13.5. The normalized spacial score (nSPS) is 18.0. The SMILES string of the molecule is CCCCNC(=O)N(CCOC1CCCC(COCc2cccc(C)c2C(=O)O)C1)C(CC)CC. The Labute approximate surface area is 211 Å². The summed E-state index contributed by atoms with van der Waals surface area (Å²) in [7, 11) is 0. The smallest absolute Gasteiger partial charge is 0.336 e. The van der Waals surface area contributed by atoms with E-state index in [2.05, 4.69) is 26.1 Å². The van der Waals surface area contributed by atoms with Gasteiger partial charge in [0.25, 0.3) is 0 Å². The molecule has 1 fully saturated rings. The third-order valence-corrected chi connectivity index (χ3v) is 7.06. The molecular formula is C28H46N2O5. The lowest BCUT2D eigenvalue weighted by Gasteiger charge is -2.33. The molecule has 2 amide bonds. The molecule has 0 spiro atoms. The summed E-state index contributed by atoms with van der Waals surface area (Å²) in [6, 6.07) is 5.76. The third kappa shape index (κ3) is 9.45. The number of hydrogen-bond acceptors (Lipinski definition) is 4. The third-order valence-electron chi connectivity index (χ3n) is 7.06. The second-order valence-corrected chi connectivity index (χ2v) is 9.70. The van der Waals surface area contributed by atoms with Crippen LogP contribution < -0.4 is 5.32 Å². The summed E-state index contributed by atoms with van der Waals surface area (Å²) in [4.78, 5) is 26.3. The number of nitrogens with one attached hydrogen (secondary N) is 1. The molecule has 0 aliphatic heterocycles. The summed E-state index contributed by atoms with van der Waals surface area (Å²) < 4.78 is 12.2. The second kappa shape index (κ2) is 15.8. The van der Waals surface area contributed by atoms with Gasteiger partial charge in [0.1, 0.15) is 0 Å². The van der Waals surface area contributed by atoms with Crippen molar-refractivity contribution in [2.45, 2.75) is 97.8 Å². The number of nitrogens with zero attached hydrogens (tertiary/aromatic N) is 1. The predicted octanol–water partition coefficient (Wildman–Crippen LogP) is 5.79. The zero-order chi connectivity index (χ0) is 25.6. The van der Waals surface area contributed by atoms with Crippen LogP contribution in [-0.2, 0) is 16.1 Å². The van der Waals surface area contributed by atoms with E-state index in [0.29, 0.717) is 44.4 Å². The molecule has 0 heterocycles. The van der Waals surface area contributed by atoms with E-state index in [0.717, 1.165) is 62.5 Å². The fourth-order valence-corrected chi connectivity index (χ4v) is 5.01. The summed E-state index contributed by atoms with van der Waals surface area (Å²) in [6.45, 7) is 11.0. The van der Waals surface area contributed by atoms with Crippen LogP contribution in [0.1, 0.15) is 93.6 Å². The minimum Gasteiger partial charge on any atom is -0.478 e. The van der Waals surface area contributed by atoms with Crippen LogP contribution in [0.5, 0.6) is 0 Å². The summed E-state index contributed by atoms with van der Waals surface area (Å²) in [5.41, 5.74) is 1.82. The van der Waals surface area contributed by atoms with Crippen molar-refractivity contribution in [3.05, 3.63) is 34.9 Å². The number of hydrogen-bond donors (Lipinski definition) is 2. The first kappa shape index (κ1) is 29.1. The molecule has 0 saturated heterocycles. The van der Waals surface area contributed by atoms with Crippen LogP contribution in [0.15, 0.2) is 18.2 Å². The standard InChI is InChI=1S/C28H46N2O5/c1-5-8-15-29-28(33)30(24(6-2)7-3)16-17-35-25-14-10-12-22(18-25)19-34-20-23-13-9-11-21(4)26(23)27(31)32/h9,11,13,22,24-25H,5-8,10,12,14-20H2,1-4H3,(H,29,33)(H,31,32). The monoisotopic (exact) mass is 490 g/mol. The van der Waals surface area contributed by atoms with E-state index in [9.17, 15) is 14.7 Å². The molecule has 2 rings (SSSR count). The van der Waals surface area contributed by atoms with Crippen LogP contribution in [0.3, 0.4) is 0 Å². The van der Waals surface area contributed by atoms with Crippen LogP contribution in [0.25, 0.3) is 0 Å². The maximum Gasteiger partial charge on any atom is 0.336 e. The zero-order valence-corrected chi connectivity index (χ0v) is 22.2. The average Bonchev–Trinajstić information content (AvgIpc) is 2.84. The van der Waals surface area contributed by atoms with E-state index in [1.165, 1.54) is 0 Å². The van der Waals surface area contributed by atoms with Crippen molar-refractivity contribution in [2.24, 2.45) is 5.92 Å². The molecule has 2 unspecified atom stereocenters. The molecule has 2 atom stereocenters. The quantitative estimate of drug-likeness (QED) is 0.304. The maximum atomic E-state index is 12.7. The molecule has 1 aromatic rings. The number of carbonyl (C=O) groups is 2. The average molecular weight is 491 g/mol. The van der Waals surface area contributed by atoms with E-state index in [4.69, 9.17) is 9.47 Å². The Hall–Kier alpha value is -2.12. The van der Waals surface area contributed by atoms with Crippen LogP contribution in [0, 0.1) is 12.8 Å². The highest BCUT2D eigenvalue weighted by atomic mass is 16.5. The van der Waals surface area contributed by atoms with Crippen molar-refractivity contribution >= 4 is 12.0 Å². The number of ether oxygens (including phenoxy) is 2. The molecule has 0 aromatic heterocycles. The van der Waals surface area contributed by atoms with Gasteiger partial charge in [-0.05, 0) is 62.5 Å². The molecule has 7 nitrogen and oxygen atoms in total. The number of carboxylic acid groups (broad SMARTS) is 1. The molecule has 1 saturated carbocycles. The Morgan fingerprint density at radius 3 is 2.66 bits per heavy atom. The van der Waals surface area contributed by atoms with Crippen LogP contribution >= 0.6 is 0 Å². The summed E-state index contributed by atoms with van der Waals surface area (Å²) in [5, 5.41) is 12.6. The van der Waals surface area contributed by atoms with Crippen LogP contribution in [-0.4, -0.2) is 60.5 Å². The fourth-order valence-electron chi connectivity index (χ4n) is 5.01. The first-order valence-electron chi connectivity index (χ1n) is 13.5. The molecule has 35 heavy (non-hydrogen) atoms. The van der Waals surface area contributed by atoms with Gasteiger partial charge in [-0.3, -0.25) is 0 Å². The number of carbonyl (C=O) groups excluding carboxylic acids is 1. The molecule has 1 aliphatic rings. The molecule has 7 heteroatoms. The first-order chi connectivity index (χ1) is 16.9. The highest BCUT2D eigenvalue weighted by Crippen LogP contribution is 2.27. The van der Waals surface area contributed by atoms with Crippen molar-refractivity contribution in [1.29, 1.82) is 0 Å². The lowest BCUT2D eigenvalue weighted by molar-refractivity contribution is -0.0162. The van der Waals surface area contributed by atoms with Gasteiger partial charge in [-0.25, -0.2) is 9.59 Å². The van der Waals surface area contributed by atoms with Crippen molar-refractivity contribution in [1.82, 2.24) is 10.2 Å². The number of carboxylic acids is 1. The van der Waals surface area contributed by atoms with Gasteiger partial charge in [-0.2, -0.15) is 0 Å². The summed E-state index contributed by atoms with van der Waals surface area (Å²) in [6.07, 6.45) is 8.27. The van der Waals surface area contributed by atoms with Crippen molar-refractivity contribution < 1.29 is 24.2 Å². The Bertz CT molecular complexity index is 781. The van der Waals surface area contributed by atoms with E-state index >= 15 is 0 Å². The second-order valence-electron chi connectivity index (χ2n) is 9.70. The Morgan fingerprint density at radius 2 is 1.97 bits per heavy atom. The van der Waals surface area contributed by atoms with Crippen LogP contribution in [0.4, 0.5) is 4.79 Å². The van der Waals surface area contributed by atoms with Gasteiger partial charge in [0.05, 0.1) is 24.9 Å². The Kier molecular flexibility index (Phi) is 13.1. The van der Waals surface area contributed by atoms with E-state index in [1.54, 1.807) is 0 Å². The minimum atomic E-state index is -0.908. The van der Waals surface area contributed by atoms with E-state index in [1.807, 2.05) is 30.0 Å². The van der Waals surface area contributed by atoms with Crippen LogP contribution in [0.2, 0.25) is 0 Å². The highest BCUT2D eigenvalue weighted by Gasteiger charge is 2.25. The number of rotatable bonds is 15. The molecule has 1 aliphatic carbocycles. The van der Waals surface area contributed by atoms with E-state index in [-0.39, 0.29) is 18.2 Å². The molecular weight excluding hydrogens is 444 g/mol. The lowest BCUT2D eigenvalue weighted by atomic mass is 9.88. The van der Waals surface area contributed by atoms with Gasteiger partial charge in [-0.15, -0.1) is 0 Å². The largest absolute Gasteiger partial charge is 0.478 e. The van der Waals surface area contributed by atoms with Gasteiger partial charge >= 0.3 is 12.0 Å². The number of unbranched alkanes of at least 4 members (excludes halogenated alkanes) is 1. The number of aryl methyl sites for hydroxylation is 1. The summed E-state index contributed by atoms with van der Waals surface area (Å²) in [5.74, 6) is -0.506.